The fraction of sp³-hybridized carbons (Fsp3) is 0.727. The summed E-state index contributed by atoms with van der Waals surface area (Å²) >= 11 is 0. The average molecular weight is 206 g/mol. The topological polar surface area (TPSA) is 47.1 Å². The average Bonchev–Trinajstić information content (AvgIpc) is 2.77. The summed E-state index contributed by atoms with van der Waals surface area (Å²) in [7, 11) is 1.93. The van der Waals surface area contributed by atoms with Crippen LogP contribution in [0.25, 0.3) is 0 Å². The number of aromatic nitrogens is 2. The third-order valence-electron chi connectivity index (χ3n) is 3.86. The van der Waals surface area contributed by atoms with Crippen molar-refractivity contribution in [2.45, 2.75) is 19.3 Å². The molecular formula is C11H18N4. The SMILES string of the molecule is Cn1cc(N)c(N2CC3CCCC3C2)n1. The predicted octanol–water partition coefficient (Wildman–Crippen LogP) is 1.24. The van der Waals surface area contributed by atoms with Gasteiger partial charge < -0.3 is 10.6 Å². The molecule has 2 unspecified atom stereocenters. The Bertz CT molecular complexity index is 359. The molecule has 1 aromatic rings. The van der Waals surface area contributed by atoms with E-state index in [-0.39, 0.29) is 0 Å². The van der Waals surface area contributed by atoms with E-state index in [1.54, 1.807) is 4.68 Å². The lowest BCUT2D eigenvalue weighted by Gasteiger charge is -2.16. The number of hydrogen-bond donors (Lipinski definition) is 1. The Hall–Kier alpha value is -1.19. The monoisotopic (exact) mass is 206 g/mol. The van der Waals surface area contributed by atoms with Gasteiger partial charge in [-0.2, -0.15) is 5.10 Å². The van der Waals surface area contributed by atoms with Crippen molar-refractivity contribution in [1.82, 2.24) is 9.78 Å². The standard InChI is InChI=1S/C11H18N4/c1-14-7-10(12)11(13-14)15-5-8-3-2-4-9(8)6-15/h7-9H,2-6,12H2,1H3. The lowest BCUT2D eigenvalue weighted by atomic mass is 10.0. The van der Waals surface area contributed by atoms with Gasteiger partial charge in [-0.3, -0.25) is 4.68 Å². The minimum Gasteiger partial charge on any atom is -0.394 e. The number of aryl methyl sites for hydroxylation is 1. The molecule has 1 aromatic heterocycles. The van der Waals surface area contributed by atoms with E-state index in [2.05, 4.69) is 10.00 Å². The molecule has 2 N–H and O–H groups in total. The van der Waals surface area contributed by atoms with Gasteiger partial charge in [-0.05, 0) is 24.7 Å². The van der Waals surface area contributed by atoms with E-state index < -0.39 is 0 Å². The van der Waals surface area contributed by atoms with E-state index in [4.69, 9.17) is 5.73 Å². The fourth-order valence-electron chi connectivity index (χ4n) is 3.15. The molecule has 2 heterocycles. The molecule has 1 saturated heterocycles. The summed E-state index contributed by atoms with van der Waals surface area (Å²) in [4.78, 5) is 2.36. The number of nitrogens with two attached hydrogens (primary N) is 1. The van der Waals surface area contributed by atoms with Crippen molar-refractivity contribution in [1.29, 1.82) is 0 Å². The minimum absolute atomic E-state index is 0.817. The molecule has 2 atom stereocenters. The lowest BCUT2D eigenvalue weighted by molar-refractivity contribution is 0.494. The number of anilines is 2. The van der Waals surface area contributed by atoms with Crippen molar-refractivity contribution in [3.05, 3.63) is 6.20 Å². The Kier molecular flexibility index (Phi) is 1.90. The first-order valence-electron chi connectivity index (χ1n) is 5.78. The first-order valence-corrected chi connectivity index (χ1v) is 5.78. The van der Waals surface area contributed by atoms with Crippen molar-refractivity contribution in [2.75, 3.05) is 23.7 Å². The van der Waals surface area contributed by atoms with Gasteiger partial charge in [-0.15, -0.1) is 0 Å². The summed E-state index contributed by atoms with van der Waals surface area (Å²) in [5, 5.41) is 4.44. The van der Waals surface area contributed by atoms with Crippen LogP contribution in [-0.4, -0.2) is 22.9 Å². The Balaban J connectivity index is 1.82. The maximum absolute atomic E-state index is 5.95. The summed E-state index contributed by atoms with van der Waals surface area (Å²) in [6, 6.07) is 0. The van der Waals surface area contributed by atoms with E-state index in [9.17, 15) is 0 Å². The van der Waals surface area contributed by atoms with E-state index >= 15 is 0 Å². The molecule has 82 valence electrons. The zero-order chi connectivity index (χ0) is 10.4. The van der Waals surface area contributed by atoms with Gasteiger partial charge in [0.05, 0.1) is 5.69 Å². The van der Waals surface area contributed by atoms with E-state index in [0.717, 1.165) is 36.4 Å². The van der Waals surface area contributed by atoms with E-state index in [1.165, 1.54) is 19.3 Å². The molecule has 2 fully saturated rings. The summed E-state index contributed by atoms with van der Waals surface area (Å²) < 4.78 is 1.80. The number of nitrogens with zero attached hydrogens (tertiary/aromatic N) is 3. The van der Waals surface area contributed by atoms with Crippen LogP contribution in [0.3, 0.4) is 0 Å². The van der Waals surface area contributed by atoms with E-state index in [1.807, 2.05) is 13.2 Å². The second-order valence-electron chi connectivity index (χ2n) is 4.94. The van der Waals surface area contributed by atoms with Gasteiger partial charge in [-0.25, -0.2) is 0 Å². The van der Waals surface area contributed by atoms with E-state index in [0.29, 0.717) is 0 Å². The van der Waals surface area contributed by atoms with Gasteiger partial charge in [0.25, 0.3) is 0 Å². The summed E-state index contributed by atoms with van der Waals surface area (Å²) in [6.07, 6.45) is 6.10. The maximum atomic E-state index is 5.95. The highest BCUT2D eigenvalue weighted by Crippen LogP contribution is 2.40. The highest BCUT2D eigenvalue weighted by molar-refractivity contribution is 5.62. The van der Waals surface area contributed by atoms with Crippen LogP contribution in [-0.2, 0) is 7.05 Å². The van der Waals surface area contributed by atoms with Crippen LogP contribution in [0.4, 0.5) is 11.5 Å². The predicted molar refractivity (Wildman–Crippen MR) is 60.7 cm³/mol. The van der Waals surface area contributed by atoms with Crippen LogP contribution in [0, 0.1) is 11.8 Å². The molecule has 4 nitrogen and oxygen atoms in total. The second kappa shape index (κ2) is 3.15. The molecule has 0 radical (unpaired) electrons. The van der Waals surface area contributed by atoms with Crippen LogP contribution in [0.1, 0.15) is 19.3 Å². The molecule has 1 saturated carbocycles. The highest BCUT2D eigenvalue weighted by Gasteiger charge is 2.37. The molecule has 3 rings (SSSR count). The van der Waals surface area contributed by atoms with Gasteiger partial charge in [-0.1, -0.05) is 6.42 Å². The van der Waals surface area contributed by atoms with Crippen molar-refractivity contribution in [3.8, 4) is 0 Å². The van der Waals surface area contributed by atoms with Gasteiger partial charge in [0.2, 0.25) is 0 Å². The Labute approximate surface area is 90.0 Å². The third kappa shape index (κ3) is 1.39. The zero-order valence-electron chi connectivity index (χ0n) is 9.19. The summed E-state index contributed by atoms with van der Waals surface area (Å²) in [5.41, 5.74) is 6.76. The van der Waals surface area contributed by atoms with Gasteiger partial charge in [0.15, 0.2) is 5.82 Å². The first kappa shape index (κ1) is 9.07. The van der Waals surface area contributed by atoms with Crippen molar-refractivity contribution in [2.24, 2.45) is 18.9 Å². The quantitative estimate of drug-likeness (QED) is 0.752. The zero-order valence-corrected chi connectivity index (χ0v) is 9.19. The van der Waals surface area contributed by atoms with Crippen LogP contribution in [0.15, 0.2) is 6.20 Å². The number of nitrogen functional groups attached to an aromatic ring is 1. The molecule has 0 bridgehead atoms. The molecule has 1 aliphatic carbocycles. The fourth-order valence-corrected chi connectivity index (χ4v) is 3.15. The summed E-state index contributed by atoms with van der Waals surface area (Å²) in [6.45, 7) is 2.32. The normalized spacial score (nSPS) is 29.8. The number of fused-ring (bicyclic) bond motifs is 1. The maximum Gasteiger partial charge on any atom is 0.173 e. The Morgan fingerprint density at radius 3 is 2.53 bits per heavy atom. The first-order chi connectivity index (χ1) is 7.24. The van der Waals surface area contributed by atoms with Gasteiger partial charge in [0.1, 0.15) is 0 Å². The molecule has 0 aromatic carbocycles. The van der Waals surface area contributed by atoms with Crippen LogP contribution in [0.5, 0.6) is 0 Å². The smallest absolute Gasteiger partial charge is 0.173 e. The highest BCUT2D eigenvalue weighted by atomic mass is 15.4. The minimum atomic E-state index is 0.817. The molecule has 2 aliphatic rings. The number of hydrogen-bond acceptors (Lipinski definition) is 3. The Morgan fingerprint density at radius 2 is 2.00 bits per heavy atom. The Morgan fingerprint density at radius 1 is 1.33 bits per heavy atom. The van der Waals surface area contributed by atoms with Crippen molar-refractivity contribution < 1.29 is 0 Å². The number of rotatable bonds is 1. The molecule has 15 heavy (non-hydrogen) atoms. The van der Waals surface area contributed by atoms with Crippen molar-refractivity contribution >= 4 is 11.5 Å². The largest absolute Gasteiger partial charge is 0.394 e. The third-order valence-corrected chi connectivity index (χ3v) is 3.86. The molecule has 1 aliphatic heterocycles. The molecule has 0 amide bonds. The van der Waals surface area contributed by atoms with Crippen molar-refractivity contribution in [3.63, 3.8) is 0 Å². The molecule has 4 heteroatoms. The van der Waals surface area contributed by atoms with Gasteiger partial charge >= 0.3 is 0 Å². The molecular weight excluding hydrogens is 188 g/mol. The van der Waals surface area contributed by atoms with Crippen LogP contribution < -0.4 is 10.6 Å². The molecule has 0 spiro atoms. The lowest BCUT2D eigenvalue weighted by Crippen LogP contribution is -2.22. The van der Waals surface area contributed by atoms with Crippen LogP contribution >= 0.6 is 0 Å². The summed E-state index contributed by atoms with van der Waals surface area (Å²) in [5.74, 6) is 2.78. The van der Waals surface area contributed by atoms with Crippen LogP contribution in [0.2, 0.25) is 0 Å². The second-order valence-corrected chi connectivity index (χ2v) is 4.94. The van der Waals surface area contributed by atoms with Gasteiger partial charge in [0, 0.05) is 26.3 Å².